The van der Waals surface area contributed by atoms with Crippen LogP contribution in [0.2, 0.25) is 0 Å². The second-order valence-electron chi connectivity index (χ2n) is 1.94. The van der Waals surface area contributed by atoms with Crippen molar-refractivity contribution < 1.29 is 12.4 Å². The third-order valence-corrected chi connectivity index (χ3v) is 1.82. The molecule has 0 bridgehead atoms. The fourth-order valence-electron chi connectivity index (χ4n) is 0.640. The molecule has 54 valence electrons. The smallest absolute Gasteiger partial charge is 0.179 e. The molecule has 0 atom stereocenters. The first-order valence-corrected chi connectivity index (χ1v) is 2.92. The van der Waals surface area contributed by atoms with Gasteiger partial charge in [0.05, 0.1) is 0 Å². The first-order valence-electron chi connectivity index (χ1n) is 2.48. The van der Waals surface area contributed by atoms with Crippen LogP contribution in [0.3, 0.4) is 0 Å². The molecule has 0 saturated carbocycles. The zero-order chi connectivity index (χ0) is 6.15. The quantitative estimate of drug-likeness (QED) is 0.301. The lowest BCUT2D eigenvalue weighted by Gasteiger charge is -2.19. The molecule has 0 N–H and O–H groups in total. The third-order valence-electron chi connectivity index (χ3n) is 1.21. The van der Waals surface area contributed by atoms with Gasteiger partial charge in [0.1, 0.15) is 0 Å². The van der Waals surface area contributed by atoms with E-state index >= 15 is 0 Å². The van der Waals surface area contributed by atoms with Gasteiger partial charge in [0.25, 0.3) is 0 Å². The fraction of sp³-hybridized carbons (Fsp3) is 0.600. The van der Waals surface area contributed by atoms with Crippen LogP contribution in [0.5, 0.6) is 0 Å². The molecule has 0 fully saturated rings. The van der Waals surface area contributed by atoms with Crippen LogP contribution < -0.4 is 12.4 Å². The molecule has 0 aliphatic carbocycles. The summed E-state index contributed by atoms with van der Waals surface area (Å²) in [6.45, 7) is 0. The van der Waals surface area contributed by atoms with Gasteiger partial charge >= 0.3 is 0 Å². The van der Waals surface area contributed by atoms with E-state index in [2.05, 4.69) is 0 Å². The molecule has 1 aliphatic rings. The molecule has 0 aromatic carbocycles. The molecular weight excluding hydrogens is 159 g/mol. The van der Waals surface area contributed by atoms with E-state index in [1.165, 1.54) is 0 Å². The lowest BCUT2D eigenvalue weighted by molar-refractivity contribution is -0.00000166. The predicted molar refractivity (Wildman–Crippen MR) is 34.3 cm³/mol. The fourth-order valence-corrected chi connectivity index (χ4v) is 0.770. The zero-order valence-electron chi connectivity index (χ0n) is 5.38. The van der Waals surface area contributed by atoms with Crippen LogP contribution in [0.1, 0.15) is 0 Å². The summed E-state index contributed by atoms with van der Waals surface area (Å²) < 4.78 is 0. The van der Waals surface area contributed by atoms with E-state index in [-0.39, 0.29) is 18.0 Å². The second-order valence-corrected chi connectivity index (χ2v) is 2.33. The molecule has 1 aliphatic heterocycles. The molecule has 2 nitrogen and oxygen atoms in total. The summed E-state index contributed by atoms with van der Waals surface area (Å²) in [5, 5.41) is 0. The highest BCUT2D eigenvalue weighted by Crippen LogP contribution is 2.13. The van der Waals surface area contributed by atoms with Crippen LogP contribution in [0, 0.1) is 0 Å². The standard InChI is InChI=1S/C5H9ClN2.ClH/c1-7-3-4-8(2)5(7)6;/h3-5H,1-2H3;1H/p-1. The topological polar surface area (TPSA) is 6.48 Å². The molecule has 1 rings (SSSR count). The summed E-state index contributed by atoms with van der Waals surface area (Å²) >= 11 is 5.80. The first kappa shape index (κ1) is 8.92. The van der Waals surface area contributed by atoms with Crippen LogP contribution >= 0.6 is 11.6 Å². The normalized spacial score (nSPS) is 18.6. The molecule has 9 heavy (non-hydrogen) atoms. The molecule has 0 aromatic heterocycles. The average Bonchev–Trinajstić information content (AvgIpc) is 1.98. The molecule has 0 amide bonds. The maximum absolute atomic E-state index is 5.80. The Labute approximate surface area is 66.5 Å². The Hall–Kier alpha value is -0.0800. The highest BCUT2D eigenvalue weighted by molar-refractivity contribution is 6.20. The van der Waals surface area contributed by atoms with Crippen molar-refractivity contribution in [3.8, 4) is 0 Å². The van der Waals surface area contributed by atoms with Crippen LogP contribution in [-0.2, 0) is 0 Å². The number of alkyl halides is 1. The minimum Gasteiger partial charge on any atom is -1.00 e. The lowest BCUT2D eigenvalue weighted by atomic mass is 10.8. The number of rotatable bonds is 0. The maximum atomic E-state index is 5.80. The molecule has 0 unspecified atom stereocenters. The minimum atomic E-state index is 0. The SMILES string of the molecule is CN1C=CN(C)C1Cl.[Cl-]. The summed E-state index contributed by atoms with van der Waals surface area (Å²) in [5.74, 6) is 0. The Morgan fingerprint density at radius 3 is 1.67 bits per heavy atom. The predicted octanol–water partition coefficient (Wildman–Crippen LogP) is -2.14. The van der Waals surface area contributed by atoms with Gasteiger partial charge in [-0.15, -0.1) is 0 Å². The molecular formula is C5H9Cl2N2-. The van der Waals surface area contributed by atoms with E-state index in [0.717, 1.165) is 0 Å². The number of halogens is 2. The van der Waals surface area contributed by atoms with Crippen molar-refractivity contribution in [2.24, 2.45) is 0 Å². The molecule has 4 heteroatoms. The van der Waals surface area contributed by atoms with Crippen LogP contribution in [0.4, 0.5) is 0 Å². The van der Waals surface area contributed by atoms with Gasteiger partial charge in [-0.3, -0.25) is 0 Å². The number of nitrogens with zero attached hydrogens (tertiary/aromatic N) is 2. The minimum absolute atomic E-state index is 0. The Bertz CT molecular complexity index is 104. The van der Waals surface area contributed by atoms with Crippen molar-refractivity contribution >= 4 is 11.6 Å². The van der Waals surface area contributed by atoms with Gasteiger partial charge in [-0.25, -0.2) is 0 Å². The van der Waals surface area contributed by atoms with Gasteiger partial charge in [-0.1, -0.05) is 11.6 Å². The van der Waals surface area contributed by atoms with E-state index in [1.807, 2.05) is 36.3 Å². The van der Waals surface area contributed by atoms with E-state index in [9.17, 15) is 0 Å². The first-order chi connectivity index (χ1) is 3.72. The van der Waals surface area contributed by atoms with Crippen molar-refractivity contribution in [2.75, 3.05) is 14.1 Å². The molecule has 0 aromatic rings. The third kappa shape index (κ3) is 1.66. The van der Waals surface area contributed by atoms with Gasteiger partial charge in [0.2, 0.25) is 0 Å². The highest BCUT2D eigenvalue weighted by atomic mass is 35.5. The van der Waals surface area contributed by atoms with Gasteiger partial charge in [0.15, 0.2) is 5.62 Å². The Morgan fingerprint density at radius 1 is 1.22 bits per heavy atom. The molecule has 0 radical (unpaired) electrons. The molecule has 1 heterocycles. The zero-order valence-corrected chi connectivity index (χ0v) is 6.89. The summed E-state index contributed by atoms with van der Waals surface area (Å²) in [6.07, 6.45) is 3.88. The highest BCUT2D eigenvalue weighted by Gasteiger charge is 2.15. The Balaban J connectivity index is 0.000000640. The monoisotopic (exact) mass is 167 g/mol. The molecule has 0 spiro atoms. The van der Waals surface area contributed by atoms with Crippen molar-refractivity contribution in [2.45, 2.75) is 5.62 Å². The van der Waals surface area contributed by atoms with E-state index in [4.69, 9.17) is 11.6 Å². The van der Waals surface area contributed by atoms with Crippen LogP contribution in [0.15, 0.2) is 12.4 Å². The summed E-state index contributed by atoms with van der Waals surface area (Å²) in [4.78, 5) is 3.86. The van der Waals surface area contributed by atoms with E-state index in [0.29, 0.717) is 0 Å². The van der Waals surface area contributed by atoms with Gasteiger partial charge in [-0.2, -0.15) is 0 Å². The number of hydrogen-bond donors (Lipinski definition) is 0. The summed E-state index contributed by atoms with van der Waals surface area (Å²) in [6, 6.07) is 0. The lowest BCUT2D eigenvalue weighted by Crippen LogP contribution is -3.00. The Kier molecular flexibility index (Phi) is 3.15. The van der Waals surface area contributed by atoms with Crippen molar-refractivity contribution in [1.82, 2.24) is 9.80 Å². The van der Waals surface area contributed by atoms with Crippen LogP contribution in [0.25, 0.3) is 0 Å². The van der Waals surface area contributed by atoms with Crippen molar-refractivity contribution in [3.05, 3.63) is 12.4 Å². The van der Waals surface area contributed by atoms with E-state index in [1.54, 1.807) is 0 Å². The summed E-state index contributed by atoms with van der Waals surface area (Å²) in [5.41, 5.74) is 0.00926. The second kappa shape index (κ2) is 3.18. The van der Waals surface area contributed by atoms with Gasteiger partial charge in [0, 0.05) is 26.5 Å². The van der Waals surface area contributed by atoms with Crippen LogP contribution in [-0.4, -0.2) is 29.5 Å². The van der Waals surface area contributed by atoms with E-state index < -0.39 is 0 Å². The molecule has 0 saturated heterocycles. The van der Waals surface area contributed by atoms with Gasteiger partial charge in [-0.05, 0) is 0 Å². The maximum Gasteiger partial charge on any atom is 0.179 e. The van der Waals surface area contributed by atoms with Crippen molar-refractivity contribution in [3.63, 3.8) is 0 Å². The largest absolute Gasteiger partial charge is 1.00 e. The average molecular weight is 168 g/mol. The van der Waals surface area contributed by atoms with Gasteiger partial charge < -0.3 is 22.2 Å². The Morgan fingerprint density at radius 2 is 1.56 bits per heavy atom. The summed E-state index contributed by atoms with van der Waals surface area (Å²) in [7, 11) is 3.88. The van der Waals surface area contributed by atoms with Crippen molar-refractivity contribution in [1.29, 1.82) is 0 Å². The number of hydrogen-bond acceptors (Lipinski definition) is 2.